The number of carbonyl (C=O) groups excluding carboxylic acids is 1. The predicted molar refractivity (Wildman–Crippen MR) is 52.5 cm³/mol. The largest absolute Gasteiger partial charge is 0.280 e. The Bertz CT molecular complexity index is 507. The SMILES string of the molecule is O=C(Cl)C1C=C([N+](=O)[O-])C=CC1=S(=O)=O. The molecule has 80 valence electrons. The van der Waals surface area contributed by atoms with Crippen molar-refractivity contribution in [2.75, 3.05) is 0 Å². The first-order valence-electron chi connectivity index (χ1n) is 3.63. The van der Waals surface area contributed by atoms with E-state index in [2.05, 4.69) is 0 Å². The van der Waals surface area contributed by atoms with Gasteiger partial charge in [0.15, 0.2) is 0 Å². The van der Waals surface area contributed by atoms with Gasteiger partial charge in [0.2, 0.25) is 15.5 Å². The maximum atomic E-state index is 10.9. The van der Waals surface area contributed by atoms with Gasteiger partial charge in [-0.3, -0.25) is 14.9 Å². The van der Waals surface area contributed by atoms with Crippen molar-refractivity contribution in [2.24, 2.45) is 5.92 Å². The van der Waals surface area contributed by atoms with Crippen LogP contribution in [0.1, 0.15) is 0 Å². The molecule has 0 saturated heterocycles. The van der Waals surface area contributed by atoms with Gasteiger partial charge in [0.1, 0.15) is 0 Å². The lowest BCUT2D eigenvalue weighted by Gasteiger charge is -2.08. The second-order valence-electron chi connectivity index (χ2n) is 2.60. The summed E-state index contributed by atoms with van der Waals surface area (Å²) in [5.41, 5.74) is -0.358. The number of allylic oxidation sites excluding steroid dienone is 3. The fraction of sp³-hybridized carbons (Fsp3) is 0.143. The average Bonchev–Trinajstić information content (AvgIpc) is 2.16. The molecule has 0 aromatic rings. The molecule has 1 aliphatic rings. The number of hydrogen-bond donors (Lipinski definition) is 0. The molecule has 15 heavy (non-hydrogen) atoms. The van der Waals surface area contributed by atoms with Crippen LogP contribution in [0.3, 0.4) is 0 Å². The number of rotatable bonds is 2. The number of halogens is 1. The van der Waals surface area contributed by atoms with Crippen molar-refractivity contribution >= 4 is 32.0 Å². The second-order valence-corrected chi connectivity index (χ2v) is 3.91. The van der Waals surface area contributed by atoms with E-state index in [9.17, 15) is 23.3 Å². The van der Waals surface area contributed by atoms with Gasteiger partial charge in [0.25, 0.3) is 5.70 Å². The molecule has 8 heteroatoms. The molecule has 0 radical (unpaired) electrons. The Morgan fingerprint density at radius 1 is 1.47 bits per heavy atom. The monoisotopic (exact) mass is 249 g/mol. The molecule has 1 atom stereocenters. The van der Waals surface area contributed by atoms with Crippen molar-refractivity contribution in [2.45, 2.75) is 0 Å². The zero-order valence-corrected chi connectivity index (χ0v) is 8.66. The first kappa shape index (κ1) is 11.6. The molecular weight excluding hydrogens is 246 g/mol. The minimum atomic E-state index is -2.62. The van der Waals surface area contributed by atoms with Crippen LogP contribution in [0.4, 0.5) is 0 Å². The van der Waals surface area contributed by atoms with Crippen LogP contribution in [0.2, 0.25) is 0 Å². The smallest absolute Gasteiger partial charge is 0.266 e. The Labute approximate surface area is 90.5 Å². The van der Waals surface area contributed by atoms with Crippen LogP contribution in [-0.2, 0) is 15.1 Å². The van der Waals surface area contributed by atoms with E-state index in [1.165, 1.54) is 0 Å². The Morgan fingerprint density at radius 3 is 2.47 bits per heavy atom. The normalized spacial score (nSPS) is 19.7. The summed E-state index contributed by atoms with van der Waals surface area (Å²) in [6.45, 7) is 0. The minimum absolute atomic E-state index is 0.277. The maximum Gasteiger partial charge on any atom is 0.266 e. The molecule has 0 aromatic heterocycles. The van der Waals surface area contributed by atoms with Gasteiger partial charge in [-0.05, 0) is 17.7 Å². The van der Waals surface area contributed by atoms with E-state index in [0.717, 1.165) is 18.2 Å². The summed E-state index contributed by atoms with van der Waals surface area (Å²) in [6.07, 6.45) is 2.90. The van der Waals surface area contributed by atoms with Crippen molar-refractivity contribution < 1.29 is 18.1 Å². The van der Waals surface area contributed by atoms with Crippen molar-refractivity contribution in [1.82, 2.24) is 0 Å². The van der Waals surface area contributed by atoms with Crippen molar-refractivity contribution in [3.63, 3.8) is 0 Å². The van der Waals surface area contributed by atoms with Gasteiger partial charge in [0.05, 0.1) is 15.7 Å². The first-order chi connectivity index (χ1) is 6.93. The quantitative estimate of drug-likeness (QED) is 0.300. The highest BCUT2D eigenvalue weighted by Crippen LogP contribution is 2.17. The van der Waals surface area contributed by atoms with Crippen LogP contribution in [0.15, 0.2) is 23.9 Å². The van der Waals surface area contributed by atoms with Crippen LogP contribution in [0.5, 0.6) is 0 Å². The lowest BCUT2D eigenvalue weighted by Crippen LogP contribution is -2.21. The highest BCUT2D eigenvalue weighted by molar-refractivity contribution is 7.73. The van der Waals surface area contributed by atoms with Crippen molar-refractivity contribution in [3.8, 4) is 0 Å². The number of hydrogen-bond acceptors (Lipinski definition) is 5. The van der Waals surface area contributed by atoms with E-state index in [1.807, 2.05) is 0 Å². The van der Waals surface area contributed by atoms with Crippen LogP contribution in [-0.4, -0.2) is 23.4 Å². The zero-order valence-electron chi connectivity index (χ0n) is 7.08. The summed E-state index contributed by atoms with van der Waals surface area (Å²) in [7, 11) is -2.62. The summed E-state index contributed by atoms with van der Waals surface area (Å²) in [5, 5.41) is 9.39. The Hall–Kier alpha value is -1.47. The molecule has 1 rings (SSSR count). The summed E-state index contributed by atoms with van der Waals surface area (Å²) in [4.78, 5) is 20.2. The fourth-order valence-corrected chi connectivity index (χ4v) is 1.84. The summed E-state index contributed by atoms with van der Waals surface area (Å²) in [5.74, 6) is -1.28. The third-order valence-corrected chi connectivity index (χ3v) is 2.72. The van der Waals surface area contributed by atoms with Gasteiger partial charge in [-0.2, -0.15) is 8.42 Å². The molecule has 0 bridgehead atoms. The standard InChI is InChI=1S/C7H4ClNO5S/c8-7(10)5-3-4(9(11)12)1-2-6(5)15(13)14/h1-3,5H. The number of nitro groups is 1. The Balaban J connectivity index is 3.29. The van der Waals surface area contributed by atoms with E-state index in [4.69, 9.17) is 11.6 Å². The number of nitrogens with zero attached hydrogens (tertiary/aromatic N) is 1. The molecule has 0 fully saturated rings. The van der Waals surface area contributed by atoms with Crippen molar-refractivity contribution in [3.05, 3.63) is 34.0 Å². The Kier molecular flexibility index (Phi) is 3.38. The third kappa shape index (κ3) is 2.51. The highest BCUT2D eigenvalue weighted by Gasteiger charge is 2.27. The summed E-state index contributed by atoms with van der Waals surface area (Å²) in [6, 6.07) is 0. The molecule has 0 heterocycles. The van der Waals surface area contributed by atoms with Crippen LogP contribution >= 0.6 is 11.6 Å². The van der Waals surface area contributed by atoms with Crippen LogP contribution < -0.4 is 0 Å². The highest BCUT2D eigenvalue weighted by atomic mass is 35.5. The first-order valence-corrected chi connectivity index (χ1v) is 5.08. The fourth-order valence-electron chi connectivity index (χ4n) is 1.04. The second kappa shape index (κ2) is 4.37. The van der Waals surface area contributed by atoms with E-state index in [1.54, 1.807) is 0 Å². The molecule has 0 saturated carbocycles. The molecule has 1 aliphatic carbocycles. The number of carbonyl (C=O) groups is 1. The van der Waals surface area contributed by atoms with Gasteiger partial charge >= 0.3 is 0 Å². The van der Waals surface area contributed by atoms with E-state index >= 15 is 0 Å². The van der Waals surface area contributed by atoms with E-state index in [0.29, 0.717) is 0 Å². The maximum absolute atomic E-state index is 10.9. The molecule has 6 nitrogen and oxygen atoms in total. The Morgan fingerprint density at radius 2 is 2.07 bits per heavy atom. The van der Waals surface area contributed by atoms with Gasteiger partial charge in [0, 0.05) is 12.2 Å². The molecule has 0 N–H and O–H groups in total. The van der Waals surface area contributed by atoms with E-state index in [-0.39, 0.29) is 10.6 Å². The van der Waals surface area contributed by atoms with Crippen molar-refractivity contribution in [1.29, 1.82) is 0 Å². The molecule has 1 unspecified atom stereocenters. The minimum Gasteiger partial charge on any atom is -0.280 e. The molecule has 0 aliphatic heterocycles. The summed E-state index contributed by atoms with van der Waals surface area (Å²) >= 11 is 5.13. The lowest BCUT2D eigenvalue weighted by molar-refractivity contribution is -0.419. The van der Waals surface area contributed by atoms with Gasteiger partial charge in [-0.1, -0.05) is 0 Å². The zero-order chi connectivity index (χ0) is 11.6. The van der Waals surface area contributed by atoms with E-state index < -0.39 is 26.4 Å². The van der Waals surface area contributed by atoms with Gasteiger partial charge in [-0.25, -0.2) is 0 Å². The molecule has 0 aromatic carbocycles. The van der Waals surface area contributed by atoms with Crippen LogP contribution in [0, 0.1) is 16.0 Å². The van der Waals surface area contributed by atoms with Crippen LogP contribution in [0.25, 0.3) is 0 Å². The molecular formula is C7H4ClNO5S. The molecule has 0 spiro atoms. The molecule has 0 amide bonds. The topological polar surface area (TPSA) is 94.3 Å². The predicted octanol–water partition coefficient (Wildman–Crippen LogP) is 0.150. The van der Waals surface area contributed by atoms with Gasteiger partial charge in [-0.15, -0.1) is 0 Å². The third-order valence-electron chi connectivity index (χ3n) is 1.71. The summed E-state index contributed by atoms with van der Waals surface area (Å²) < 4.78 is 21.3. The average molecular weight is 250 g/mol. The lowest BCUT2D eigenvalue weighted by atomic mass is 10.0. The van der Waals surface area contributed by atoms with Gasteiger partial charge < -0.3 is 0 Å².